The van der Waals surface area contributed by atoms with Crippen molar-refractivity contribution < 1.29 is 0 Å². The van der Waals surface area contributed by atoms with Crippen LogP contribution in [-0.2, 0) is 0 Å². The minimum absolute atomic E-state index is 0.584. The Morgan fingerprint density at radius 2 is 1.91 bits per heavy atom. The highest BCUT2D eigenvalue weighted by molar-refractivity contribution is 5.30. The van der Waals surface area contributed by atoms with Crippen LogP contribution in [0.3, 0.4) is 0 Å². The van der Waals surface area contributed by atoms with Gasteiger partial charge in [-0.2, -0.15) is 5.10 Å². The van der Waals surface area contributed by atoms with Crippen LogP contribution in [0.4, 0.5) is 5.82 Å². The Morgan fingerprint density at radius 3 is 2.27 bits per heavy atom. The Labute approximate surface area is 66.8 Å². The van der Waals surface area contributed by atoms with Crippen LogP contribution in [0, 0.1) is 6.92 Å². The summed E-state index contributed by atoms with van der Waals surface area (Å²) in [7, 11) is 0. The average Bonchev–Trinajstić information content (AvgIpc) is 2.10. The van der Waals surface area contributed by atoms with Crippen molar-refractivity contribution in [3.63, 3.8) is 0 Å². The van der Waals surface area contributed by atoms with Gasteiger partial charge in [0.1, 0.15) is 0 Å². The third kappa shape index (κ3) is 3.52. The van der Waals surface area contributed by atoms with Crippen LogP contribution in [-0.4, -0.2) is 10.2 Å². The van der Waals surface area contributed by atoms with E-state index in [-0.39, 0.29) is 0 Å². The van der Waals surface area contributed by atoms with Crippen LogP contribution in [0.2, 0.25) is 0 Å². The molecule has 1 aromatic heterocycles. The molecule has 0 amide bonds. The molecule has 0 saturated carbocycles. The largest absolute Gasteiger partial charge is 0.307 e. The van der Waals surface area contributed by atoms with Gasteiger partial charge in [-0.15, -0.1) is 5.10 Å². The van der Waals surface area contributed by atoms with Gasteiger partial charge in [0.2, 0.25) is 0 Å². The van der Waals surface area contributed by atoms with E-state index in [9.17, 15) is 0 Å². The van der Waals surface area contributed by atoms with Crippen LogP contribution in [0.15, 0.2) is 12.1 Å². The topological polar surface area (TPSA) is 63.8 Å². The molecule has 0 atom stereocenters. The molecule has 0 aromatic carbocycles. The zero-order valence-corrected chi connectivity index (χ0v) is 7.13. The molecule has 11 heavy (non-hydrogen) atoms. The molecular weight excluding hydrogens is 140 g/mol. The van der Waals surface area contributed by atoms with E-state index in [1.165, 1.54) is 0 Å². The number of aryl methyl sites for hydroxylation is 1. The summed E-state index contributed by atoms with van der Waals surface area (Å²) in [4.78, 5) is 0. The van der Waals surface area contributed by atoms with E-state index < -0.39 is 0 Å². The Bertz CT molecular complexity index is 182. The number of hydrogen-bond donors (Lipinski definition) is 2. The number of hydrogen-bond acceptors (Lipinski definition) is 4. The summed E-state index contributed by atoms with van der Waals surface area (Å²) in [5.41, 5.74) is 3.26. The summed E-state index contributed by atoms with van der Waals surface area (Å²) in [5.74, 6) is 5.63. The van der Waals surface area contributed by atoms with Crippen molar-refractivity contribution >= 4 is 5.82 Å². The normalized spacial score (nSPS) is 8.00. The van der Waals surface area contributed by atoms with Gasteiger partial charge in [0.15, 0.2) is 5.82 Å². The number of nitrogen functional groups attached to an aromatic ring is 1. The summed E-state index contributed by atoms with van der Waals surface area (Å²) in [6.45, 7) is 5.87. The molecule has 3 N–H and O–H groups in total. The molecule has 0 unspecified atom stereocenters. The Kier molecular flexibility index (Phi) is 5.02. The third-order valence-electron chi connectivity index (χ3n) is 0.946. The van der Waals surface area contributed by atoms with Crippen molar-refractivity contribution in [3.8, 4) is 0 Å². The fourth-order valence-electron chi connectivity index (χ4n) is 0.476. The summed E-state index contributed by atoms with van der Waals surface area (Å²) in [5, 5.41) is 7.47. The van der Waals surface area contributed by atoms with E-state index in [2.05, 4.69) is 15.6 Å². The Balaban J connectivity index is 0.000000461. The zero-order chi connectivity index (χ0) is 8.69. The molecule has 0 saturated heterocycles. The molecule has 4 nitrogen and oxygen atoms in total. The van der Waals surface area contributed by atoms with E-state index in [1.807, 2.05) is 26.8 Å². The number of hydrazine groups is 1. The lowest BCUT2D eigenvalue weighted by molar-refractivity contribution is 0.975. The number of nitrogens with two attached hydrogens (primary N) is 1. The predicted molar refractivity (Wildman–Crippen MR) is 45.9 cm³/mol. The lowest BCUT2D eigenvalue weighted by Crippen LogP contribution is -2.08. The van der Waals surface area contributed by atoms with Gasteiger partial charge in [0, 0.05) is 0 Å². The molecule has 0 aliphatic carbocycles. The molecule has 0 aliphatic heterocycles. The third-order valence-corrected chi connectivity index (χ3v) is 0.946. The smallest absolute Gasteiger partial charge is 0.162 e. The maximum absolute atomic E-state index is 5.05. The number of anilines is 1. The molecule has 62 valence electrons. The first kappa shape index (κ1) is 9.84. The predicted octanol–water partition coefficient (Wildman–Crippen LogP) is 1.10. The van der Waals surface area contributed by atoms with Gasteiger partial charge in [-0.1, -0.05) is 13.8 Å². The highest BCUT2D eigenvalue weighted by Gasteiger charge is 1.87. The number of rotatable bonds is 1. The van der Waals surface area contributed by atoms with Gasteiger partial charge < -0.3 is 5.43 Å². The molecule has 0 spiro atoms. The standard InChI is InChI=1S/C5H8N4.C2H6/c1-4-2-3-5(7-6)9-8-4;1-2/h2-3H,6H2,1H3,(H,7,9);1-2H3. The monoisotopic (exact) mass is 154 g/mol. The summed E-state index contributed by atoms with van der Waals surface area (Å²) >= 11 is 0. The molecule has 0 radical (unpaired) electrons. The molecule has 0 bridgehead atoms. The fraction of sp³-hybridized carbons (Fsp3) is 0.429. The van der Waals surface area contributed by atoms with Gasteiger partial charge in [0.25, 0.3) is 0 Å². The maximum atomic E-state index is 5.05. The molecular formula is C7H14N4. The van der Waals surface area contributed by atoms with E-state index >= 15 is 0 Å². The van der Waals surface area contributed by atoms with Crippen molar-refractivity contribution in [3.05, 3.63) is 17.8 Å². The maximum Gasteiger partial charge on any atom is 0.162 e. The first-order valence-electron chi connectivity index (χ1n) is 3.60. The van der Waals surface area contributed by atoms with Gasteiger partial charge in [-0.05, 0) is 19.1 Å². The van der Waals surface area contributed by atoms with Crippen LogP contribution in [0.5, 0.6) is 0 Å². The molecule has 1 rings (SSSR count). The second-order valence-electron chi connectivity index (χ2n) is 1.70. The van der Waals surface area contributed by atoms with Gasteiger partial charge in [-0.25, -0.2) is 5.84 Å². The number of aromatic nitrogens is 2. The quantitative estimate of drug-likeness (QED) is 0.469. The van der Waals surface area contributed by atoms with Gasteiger partial charge >= 0.3 is 0 Å². The summed E-state index contributed by atoms with van der Waals surface area (Å²) < 4.78 is 0. The number of nitrogens with one attached hydrogen (secondary N) is 1. The molecule has 0 fully saturated rings. The van der Waals surface area contributed by atoms with E-state index in [0.717, 1.165) is 5.69 Å². The van der Waals surface area contributed by atoms with E-state index in [4.69, 9.17) is 5.84 Å². The molecule has 0 aliphatic rings. The van der Waals surface area contributed by atoms with Crippen LogP contribution < -0.4 is 11.3 Å². The lowest BCUT2D eigenvalue weighted by atomic mass is 10.4. The number of nitrogens with zero attached hydrogens (tertiary/aromatic N) is 2. The lowest BCUT2D eigenvalue weighted by Gasteiger charge is -1.94. The van der Waals surface area contributed by atoms with Crippen molar-refractivity contribution in [2.75, 3.05) is 5.43 Å². The van der Waals surface area contributed by atoms with Crippen molar-refractivity contribution in [1.29, 1.82) is 0 Å². The van der Waals surface area contributed by atoms with E-state index in [0.29, 0.717) is 5.82 Å². The van der Waals surface area contributed by atoms with Crippen LogP contribution >= 0.6 is 0 Å². The average molecular weight is 154 g/mol. The van der Waals surface area contributed by atoms with Gasteiger partial charge in [-0.3, -0.25) is 0 Å². The molecule has 1 aromatic rings. The van der Waals surface area contributed by atoms with E-state index in [1.54, 1.807) is 6.07 Å². The summed E-state index contributed by atoms with van der Waals surface area (Å²) in [6, 6.07) is 3.60. The second-order valence-corrected chi connectivity index (χ2v) is 1.70. The highest BCUT2D eigenvalue weighted by Crippen LogP contribution is 1.96. The second kappa shape index (κ2) is 5.61. The first-order chi connectivity index (χ1) is 5.33. The summed E-state index contributed by atoms with van der Waals surface area (Å²) in [6.07, 6.45) is 0. The van der Waals surface area contributed by atoms with Gasteiger partial charge in [0.05, 0.1) is 5.69 Å². The molecule has 1 heterocycles. The Morgan fingerprint density at radius 1 is 1.27 bits per heavy atom. The SMILES string of the molecule is CC.Cc1ccc(NN)nn1. The minimum atomic E-state index is 0.584. The van der Waals surface area contributed by atoms with Crippen molar-refractivity contribution in [2.45, 2.75) is 20.8 Å². The molecule has 4 heteroatoms. The fourth-order valence-corrected chi connectivity index (χ4v) is 0.476. The van der Waals surface area contributed by atoms with Crippen molar-refractivity contribution in [2.24, 2.45) is 5.84 Å². The zero-order valence-electron chi connectivity index (χ0n) is 7.13. The van der Waals surface area contributed by atoms with Crippen molar-refractivity contribution in [1.82, 2.24) is 10.2 Å². The highest BCUT2D eigenvalue weighted by atomic mass is 15.3. The minimum Gasteiger partial charge on any atom is -0.307 e. The van der Waals surface area contributed by atoms with Crippen LogP contribution in [0.1, 0.15) is 19.5 Å². The Hall–Kier alpha value is -1.16. The first-order valence-corrected chi connectivity index (χ1v) is 3.60. The van der Waals surface area contributed by atoms with Crippen LogP contribution in [0.25, 0.3) is 0 Å².